The van der Waals surface area contributed by atoms with Crippen molar-refractivity contribution in [3.8, 4) is 0 Å². The summed E-state index contributed by atoms with van der Waals surface area (Å²) in [6.07, 6.45) is 1.19. The van der Waals surface area contributed by atoms with Crippen molar-refractivity contribution in [3.05, 3.63) is 35.9 Å². The van der Waals surface area contributed by atoms with Crippen LogP contribution in [-0.4, -0.2) is 36.3 Å². The maximum absolute atomic E-state index is 11.9. The molecule has 0 aromatic heterocycles. The minimum absolute atomic E-state index is 0.123. The lowest BCUT2D eigenvalue weighted by atomic mass is 10.1. The third-order valence-electron chi connectivity index (χ3n) is 3.56. The average molecular weight is 263 g/mol. The van der Waals surface area contributed by atoms with Gasteiger partial charge in [0.1, 0.15) is 6.61 Å². The van der Waals surface area contributed by atoms with E-state index < -0.39 is 0 Å². The van der Waals surface area contributed by atoms with E-state index in [1.54, 1.807) is 11.9 Å². The van der Waals surface area contributed by atoms with Crippen LogP contribution in [0.3, 0.4) is 0 Å². The minimum atomic E-state index is -0.287. The summed E-state index contributed by atoms with van der Waals surface area (Å²) in [5.41, 5.74) is 0.996. The van der Waals surface area contributed by atoms with Crippen molar-refractivity contribution in [3.63, 3.8) is 0 Å². The molecule has 0 aliphatic carbocycles. The predicted octanol–water partition coefficient (Wildman–Crippen LogP) is 2.82. The Morgan fingerprint density at radius 3 is 2.63 bits per heavy atom. The summed E-state index contributed by atoms with van der Waals surface area (Å²) < 4.78 is 10.7. The van der Waals surface area contributed by atoms with Gasteiger partial charge in [-0.3, -0.25) is 0 Å². The molecule has 0 spiro atoms. The van der Waals surface area contributed by atoms with Crippen LogP contribution in [-0.2, 0) is 16.1 Å². The molecule has 4 heteroatoms. The molecule has 1 heterocycles. The predicted molar refractivity (Wildman–Crippen MR) is 72.8 cm³/mol. The van der Waals surface area contributed by atoms with Crippen LogP contribution in [0.2, 0.25) is 0 Å². The Hall–Kier alpha value is -1.55. The van der Waals surface area contributed by atoms with Crippen LogP contribution in [0.1, 0.15) is 25.8 Å². The smallest absolute Gasteiger partial charge is 0.410 e. The van der Waals surface area contributed by atoms with E-state index in [9.17, 15) is 4.79 Å². The summed E-state index contributed by atoms with van der Waals surface area (Å²) in [5.74, 6) is 0. The molecule has 19 heavy (non-hydrogen) atoms. The van der Waals surface area contributed by atoms with Gasteiger partial charge in [-0.15, -0.1) is 0 Å². The molecule has 1 fully saturated rings. The van der Waals surface area contributed by atoms with Gasteiger partial charge in [-0.1, -0.05) is 30.3 Å². The number of hydrogen-bond acceptors (Lipinski definition) is 3. The first-order valence-electron chi connectivity index (χ1n) is 6.67. The summed E-state index contributed by atoms with van der Waals surface area (Å²) in [7, 11) is 1.77. The molecule has 2 rings (SSSR count). The van der Waals surface area contributed by atoms with Crippen LogP contribution in [0.25, 0.3) is 0 Å². The van der Waals surface area contributed by atoms with Gasteiger partial charge in [-0.2, -0.15) is 0 Å². The van der Waals surface area contributed by atoms with Crippen LogP contribution >= 0.6 is 0 Å². The zero-order valence-electron chi connectivity index (χ0n) is 11.7. The van der Waals surface area contributed by atoms with Gasteiger partial charge in [0.25, 0.3) is 0 Å². The summed E-state index contributed by atoms with van der Waals surface area (Å²) in [6, 6.07) is 9.81. The van der Waals surface area contributed by atoms with Crippen LogP contribution in [0, 0.1) is 0 Å². The van der Waals surface area contributed by atoms with Crippen molar-refractivity contribution in [1.29, 1.82) is 0 Å². The van der Waals surface area contributed by atoms with Gasteiger partial charge in [0.2, 0.25) is 0 Å². The highest BCUT2D eigenvalue weighted by Gasteiger charge is 2.36. The molecular formula is C15H21NO3. The molecule has 3 unspecified atom stereocenters. The fourth-order valence-electron chi connectivity index (χ4n) is 1.97. The standard InChI is InChI=1S/C15H21NO3/c1-11(9-14-12(2)19-14)16(3)15(17)18-10-13-7-5-4-6-8-13/h4-8,11-12,14H,9-10H2,1-3H3. The molecule has 0 bridgehead atoms. The van der Waals surface area contributed by atoms with Crippen molar-refractivity contribution < 1.29 is 14.3 Å². The van der Waals surface area contributed by atoms with Crippen molar-refractivity contribution in [2.24, 2.45) is 0 Å². The number of nitrogens with zero attached hydrogens (tertiary/aromatic N) is 1. The van der Waals surface area contributed by atoms with E-state index in [-0.39, 0.29) is 12.1 Å². The number of amides is 1. The summed E-state index contributed by atoms with van der Waals surface area (Å²) in [4.78, 5) is 13.5. The summed E-state index contributed by atoms with van der Waals surface area (Å²) in [6.45, 7) is 4.37. The first-order chi connectivity index (χ1) is 9.08. The molecule has 3 atom stereocenters. The lowest BCUT2D eigenvalue weighted by molar-refractivity contribution is 0.0908. The zero-order valence-corrected chi connectivity index (χ0v) is 11.7. The first kappa shape index (κ1) is 13.9. The second-order valence-corrected chi connectivity index (χ2v) is 5.12. The molecule has 0 N–H and O–H groups in total. The van der Waals surface area contributed by atoms with Gasteiger partial charge in [0.15, 0.2) is 0 Å². The Labute approximate surface area is 114 Å². The average Bonchev–Trinajstić information content (AvgIpc) is 3.11. The number of hydrogen-bond donors (Lipinski definition) is 0. The van der Waals surface area contributed by atoms with Crippen molar-refractivity contribution in [2.45, 2.75) is 45.1 Å². The highest BCUT2D eigenvalue weighted by molar-refractivity contribution is 5.67. The number of carbonyl (C=O) groups is 1. The van der Waals surface area contributed by atoms with Crippen LogP contribution in [0.15, 0.2) is 30.3 Å². The molecule has 1 aliphatic rings. The van der Waals surface area contributed by atoms with E-state index in [0.717, 1.165) is 12.0 Å². The van der Waals surface area contributed by atoms with E-state index >= 15 is 0 Å². The number of rotatable bonds is 5. The van der Waals surface area contributed by atoms with Gasteiger partial charge in [0.05, 0.1) is 12.2 Å². The Morgan fingerprint density at radius 2 is 2.05 bits per heavy atom. The third kappa shape index (κ3) is 3.96. The van der Waals surface area contributed by atoms with Crippen molar-refractivity contribution in [2.75, 3.05) is 7.05 Å². The van der Waals surface area contributed by atoms with Crippen LogP contribution in [0.5, 0.6) is 0 Å². The monoisotopic (exact) mass is 263 g/mol. The highest BCUT2D eigenvalue weighted by Crippen LogP contribution is 2.27. The quantitative estimate of drug-likeness (QED) is 0.767. The van der Waals surface area contributed by atoms with E-state index in [1.807, 2.05) is 44.2 Å². The molecule has 1 aliphatic heterocycles. The van der Waals surface area contributed by atoms with E-state index in [1.165, 1.54) is 0 Å². The fourth-order valence-corrected chi connectivity index (χ4v) is 1.97. The summed E-state index contributed by atoms with van der Waals surface area (Å²) in [5, 5.41) is 0. The van der Waals surface area contributed by atoms with Gasteiger partial charge in [-0.25, -0.2) is 4.79 Å². The van der Waals surface area contributed by atoms with E-state index in [4.69, 9.17) is 9.47 Å². The molecular weight excluding hydrogens is 242 g/mol. The van der Waals surface area contributed by atoms with Crippen LogP contribution < -0.4 is 0 Å². The SMILES string of the molecule is CC1OC1CC(C)N(C)C(=O)OCc1ccccc1. The molecule has 0 radical (unpaired) electrons. The molecule has 1 aromatic rings. The molecule has 1 saturated heterocycles. The van der Waals surface area contributed by atoms with Gasteiger partial charge < -0.3 is 14.4 Å². The topological polar surface area (TPSA) is 42.1 Å². The van der Waals surface area contributed by atoms with Crippen molar-refractivity contribution in [1.82, 2.24) is 4.90 Å². The zero-order chi connectivity index (χ0) is 13.8. The maximum Gasteiger partial charge on any atom is 0.410 e. The third-order valence-corrected chi connectivity index (χ3v) is 3.56. The minimum Gasteiger partial charge on any atom is -0.445 e. The molecule has 0 saturated carbocycles. The Balaban J connectivity index is 1.75. The Bertz CT molecular complexity index is 421. The van der Waals surface area contributed by atoms with Gasteiger partial charge >= 0.3 is 6.09 Å². The number of epoxide rings is 1. The normalized spacial score (nSPS) is 22.7. The molecule has 1 amide bonds. The number of ether oxygens (including phenoxy) is 2. The summed E-state index contributed by atoms with van der Waals surface area (Å²) >= 11 is 0. The lowest BCUT2D eigenvalue weighted by Gasteiger charge is -2.23. The van der Waals surface area contributed by atoms with Gasteiger partial charge in [-0.05, 0) is 25.8 Å². The maximum atomic E-state index is 11.9. The van der Waals surface area contributed by atoms with Crippen molar-refractivity contribution >= 4 is 6.09 Å². The first-order valence-corrected chi connectivity index (χ1v) is 6.67. The molecule has 4 nitrogen and oxygen atoms in total. The molecule has 104 valence electrons. The second kappa shape index (κ2) is 6.06. The lowest BCUT2D eigenvalue weighted by Crippen LogP contribution is -2.36. The van der Waals surface area contributed by atoms with E-state index in [2.05, 4.69) is 0 Å². The highest BCUT2D eigenvalue weighted by atomic mass is 16.6. The largest absolute Gasteiger partial charge is 0.445 e. The molecule has 1 aromatic carbocycles. The Kier molecular flexibility index (Phi) is 4.43. The number of carbonyl (C=O) groups excluding carboxylic acids is 1. The Morgan fingerprint density at radius 1 is 1.42 bits per heavy atom. The number of benzene rings is 1. The van der Waals surface area contributed by atoms with E-state index in [0.29, 0.717) is 18.8 Å². The van der Waals surface area contributed by atoms with Gasteiger partial charge in [0, 0.05) is 13.1 Å². The fraction of sp³-hybridized carbons (Fsp3) is 0.533. The van der Waals surface area contributed by atoms with Crippen LogP contribution in [0.4, 0.5) is 4.79 Å². The second-order valence-electron chi connectivity index (χ2n) is 5.12.